The Balaban J connectivity index is 3.69. The van der Waals surface area contributed by atoms with Crippen LogP contribution in [0.3, 0.4) is 0 Å². The summed E-state index contributed by atoms with van der Waals surface area (Å²) in [5.41, 5.74) is 0. The molecule has 0 amide bonds. The van der Waals surface area contributed by atoms with Crippen LogP contribution in [0.15, 0.2) is 0 Å². The van der Waals surface area contributed by atoms with Gasteiger partial charge in [-0.1, -0.05) is 39.5 Å². The average Bonchev–Trinajstić information content (AvgIpc) is 2.29. The Bertz CT molecular complexity index is 183. The standard InChI is InChI=1S/C13H25ClO2/c1-4-6-7-12(5-2)9-8-11(3)16-13(15)10-14/h11-12H,4-10H2,1-3H3/t11-,12+/m0/s1. The molecule has 0 aliphatic heterocycles. The van der Waals surface area contributed by atoms with E-state index in [4.69, 9.17) is 16.3 Å². The van der Waals surface area contributed by atoms with Crippen LogP contribution in [0, 0.1) is 5.92 Å². The van der Waals surface area contributed by atoms with Crippen molar-refractivity contribution >= 4 is 17.6 Å². The average molecular weight is 249 g/mol. The molecule has 0 radical (unpaired) electrons. The van der Waals surface area contributed by atoms with Crippen molar-refractivity contribution in [3.63, 3.8) is 0 Å². The molecule has 0 heterocycles. The molecule has 96 valence electrons. The highest BCUT2D eigenvalue weighted by Crippen LogP contribution is 2.20. The second-order valence-corrected chi connectivity index (χ2v) is 4.70. The van der Waals surface area contributed by atoms with Crippen molar-refractivity contribution in [2.45, 2.75) is 65.4 Å². The number of alkyl halides is 1. The summed E-state index contributed by atoms with van der Waals surface area (Å²) in [4.78, 5) is 11.0. The Morgan fingerprint density at radius 1 is 1.25 bits per heavy atom. The molecule has 0 N–H and O–H groups in total. The van der Waals surface area contributed by atoms with E-state index >= 15 is 0 Å². The third kappa shape index (κ3) is 7.98. The number of carbonyl (C=O) groups excluding carboxylic acids is 1. The molecule has 0 aromatic rings. The smallest absolute Gasteiger partial charge is 0.321 e. The number of esters is 1. The second kappa shape index (κ2) is 9.95. The van der Waals surface area contributed by atoms with E-state index in [0.29, 0.717) is 0 Å². The monoisotopic (exact) mass is 248 g/mol. The molecule has 0 saturated carbocycles. The van der Waals surface area contributed by atoms with E-state index in [-0.39, 0.29) is 18.0 Å². The molecule has 0 aliphatic carbocycles. The minimum absolute atomic E-state index is 0.00178. The predicted molar refractivity (Wildman–Crippen MR) is 68.8 cm³/mol. The number of hydrogen-bond acceptors (Lipinski definition) is 2. The maximum Gasteiger partial charge on any atom is 0.321 e. The van der Waals surface area contributed by atoms with Gasteiger partial charge < -0.3 is 4.74 Å². The number of carbonyl (C=O) groups is 1. The molecule has 0 aromatic carbocycles. The molecule has 0 spiro atoms. The molecule has 0 unspecified atom stereocenters. The Hall–Kier alpha value is -0.240. The van der Waals surface area contributed by atoms with Gasteiger partial charge in [-0.05, 0) is 25.7 Å². The summed E-state index contributed by atoms with van der Waals surface area (Å²) in [6.45, 7) is 6.39. The van der Waals surface area contributed by atoms with Crippen molar-refractivity contribution in [2.75, 3.05) is 5.88 Å². The van der Waals surface area contributed by atoms with Gasteiger partial charge in [0.15, 0.2) is 0 Å². The lowest BCUT2D eigenvalue weighted by atomic mass is 9.93. The third-order valence-corrected chi connectivity index (χ3v) is 3.18. The normalized spacial score (nSPS) is 14.5. The van der Waals surface area contributed by atoms with Crippen LogP contribution in [-0.2, 0) is 9.53 Å². The van der Waals surface area contributed by atoms with Crippen molar-refractivity contribution in [1.29, 1.82) is 0 Å². The fourth-order valence-corrected chi connectivity index (χ4v) is 1.89. The first-order valence-electron chi connectivity index (χ1n) is 6.39. The minimum Gasteiger partial charge on any atom is -0.462 e. The molecule has 2 nitrogen and oxygen atoms in total. The number of halogens is 1. The van der Waals surface area contributed by atoms with Crippen LogP contribution in [0.5, 0.6) is 0 Å². The number of rotatable bonds is 9. The van der Waals surface area contributed by atoms with Gasteiger partial charge in [0.1, 0.15) is 5.88 Å². The van der Waals surface area contributed by atoms with Crippen molar-refractivity contribution in [1.82, 2.24) is 0 Å². The zero-order valence-corrected chi connectivity index (χ0v) is 11.6. The van der Waals surface area contributed by atoms with Crippen LogP contribution < -0.4 is 0 Å². The zero-order valence-electron chi connectivity index (χ0n) is 10.8. The molecule has 0 bridgehead atoms. The van der Waals surface area contributed by atoms with E-state index < -0.39 is 0 Å². The fourth-order valence-electron chi connectivity index (χ4n) is 1.83. The van der Waals surface area contributed by atoms with E-state index in [1.165, 1.54) is 25.7 Å². The first-order valence-corrected chi connectivity index (χ1v) is 6.92. The van der Waals surface area contributed by atoms with Gasteiger partial charge in [-0.15, -0.1) is 11.6 Å². The maximum atomic E-state index is 11.0. The molecular weight excluding hydrogens is 224 g/mol. The number of ether oxygens (including phenoxy) is 1. The number of hydrogen-bond donors (Lipinski definition) is 0. The summed E-state index contributed by atoms with van der Waals surface area (Å²) in [7, 11) is 0. The van der Waals surface area contributed by atoms with Crippen LogP contribution in [-0.4, -0.2) is 18.0 Å². The van der Waals surface area contributed by atoms with Crippen molar-refractivity contribution < 1.29 is 9.53 Å². The summed E-state index contributed by atoms with van der Waals surface area (Å²) >= 11 is 5.38. The first-order chi connectivity index (χ1) is 7.63. The second-order valence-electron chi connectivity index (χ2n) is 4.43. The topological polar surface area (TPSA) is 26.3 Å². The first kappa shape index (κ1) is 15.8. The lowest BCUT2D eigenvalue weighted by molar-refractivity contribution is -0.145. The van der Waals surface area contributed by atoms with Crippen molar-refractivity contribution in [2.24, 2.45) is 5.92 Å². The Morgan fingerprint density at radius 2 is 1.94 bits per heavy atom. The molecule has 0 aromatic heterocycles. The van der Waals surface area contributed by atoms with Crippen molar-refractivity contribution in [3.05, 3.63) is 0 Å². The molecule has 0 aliphatic rings. The highest BCUT2D eigenvalue weighted by Gasteiger charge is 2.11. The maximum absolute atomic E-state index is 11.0. The highest BCUT2D eigenvalue weighted by atomic mass is 35.5. The van der Waals surface area contributed by atoms with Crippen LogP contribution in [0.4, 0.5) is 0 Å². The van der Waals surface area contributed by atoms with Crippen LogP contribution in [0.25, 0.3) is 0 Å². The molecule has 16 heavy (non-hydrogen) atoms. The predicted octanol–water partition coefficient (Wildman–Crippen LogP) is 4.15. The van der Waals surface area contributed by atoms with E-state index in [0.717, 1.165) is 18.8 Å². The van der Waals surface area contributed by atoms with Gasteiger partial charge in [-0.3, -0.25) is 4.79 Å². The van der Waals surface area contributed by atoms with Crippen LogP contribution >= 0.6 is 11.6 Å². The Labute approximate surface area is 105 Å². The molecule has 3 heteroatoms. The molecule has 0 rings (SSSR count). The number of unbranched alkanes of at least 4 members (excludes halogenated alkanes) is 1. The van der Waals surface area contributed by atoms with Crippen molar-refractivity contribution in [3.8, 4) is 0 Å². The van der Waals surface area contributed by atoms with E-state index in [1.807, 2.05) is 6.92 Å². The summed E-state index contributed by atoms with van der Waals surface area (Å²) in [5.74, 6) is 0.421. The zero-order chi connectivity index (χ0) is 12.4. The molecule has 0 saturated heterocycles. The van der Waals surface area contributed by atoms with Gasteiger partial charge >= 0.3 is 5.97 Å². The van der Waals surface area contributed by atoms with Gasteiger partial charge in [0.25, 0.3) is 0 Å². The third-order valence-electron chi connectivity index (χ3n) is 2.97. The van der Waals surface area contributed by atoms with Gasteiger partial charge in [0.2, 0.25) is 0 Å². The van der Waals surface area contributed by atoms with Gasteiger partial charge in [-0.25, -0.2) is 0 Å². The van der Waals surface area contributed by atoms with E-state index in [2.05, 4.69) is 13.8 Å². The quantitative estimate of drug-likeness (QED) is 0.453. The lowest BCUT2D eigenvalue weighted by Crippen LogP contribution is -2.17. The lowest BCUT2D eigenvalue weighted by Gasteiger charge is -2.17. The van der Waals surface area contributed by atoms with Crippen LogP contribution in [0.2, 0.25) is 0 Å². The highest BCUT2D eigenvalue weighted by molar-refractivity contribution is 6.26. The summed E-state index contributed by atoms with van der Waals surface area (Å²) in [6, 6.07) is 0. The molecule has 2 atom stereocenters. The van der Waals surface area contributed by atoms with E-state index in [1.54, 1.807) is 0 Å². The summed E-state index contributed by atoms with van der Waals surface area (Å²) in [6.07, 6.45) is 7.17. The van der Waals surface area contributed by atoms with E-state index in [9.17, 15) is 4.79 Å². The van der Waals surface area contributed by atoms with Gasteiger partial charge in [0.05, 0.1) is 6.10 Å². The Morgan fingerprint density at radius 3 is 2.44 bits per heavy atom. The van der Waals surface area contributed by atoms with Crippen LogP contribution in [0.1, 0.15) is 59.3 Å². The Kier molecular flexibility index (Phi) is 9.80. The van der Waals surface area contributed by atoms with Gasteiger partial charge in [-0.2, -0.15) is 0 Å². The fraction of sp³-hybridized carbons (Fsp3) is 0.923. The molecular formula is C13H25ClO2. The summed E-state index contributed by atoms with van der Waals surface area (Å²) < 4.78 is 5.13. The summed E-state index contributed by atoms with van der Waals surface area (Å²) in [5, 5.41) is 0. The largest absolute Gasteiger partial charge is 0.462 e. The SMILES string of the molecule is CCCC[C@@H](CC)CC[C@H](C)OC(=O)CCl. The molecule has 0 fully saturated rings. The van der Waals surface area contributed by atoms with Gasteiger partial charge in [0, 0.05) is 0 Å². The minimum atomic E-state index is -0.309.